The van der Waals surface area contributed by atoms with Gasteiger partial charge in [0.15, 0.2) is 5.82 Å². The van der Waals surface area contributed by atoms with Crippen LogP contribution in [0.15, 0.2) is 12.1 Å². The van der Waals surface area contributed by atoms with Gasteiger partial charge in [0.05, 0.1) is 12.1 Å². The van der Waals surface area contributed by atoms with Crippen LogP contribution in [-0.2, 0) is 19.5 Å². The average molecular weight is 282 g/mol. The fraction of sp³-hybridized carbons (Fsp3) is 0.467. The van der Waals surface area contributed by atoms with Gasteiger partial charge in [0, 0.05) is 18.7 Å². The van der Waals surface area contributed by atoms with E-state index in [1.807, 2.05) is 13.0 Å². The molecule has 0 unspecified atom stereocenters. The molecule has 3 rings (SSSR count). The van der Waals surface area contributed by atoms with Crippen LogP contribution in [0, 0.1) is 18.3 Å². The zero-order chi connectivity index (χ0) is 14.7. The lowest BCUT2D eigenvalue weighted by atomic mass is 10.2. The van der Waals surface area contributed by atoms with Crippen LogP contribution >= 0.6 is 0 Å². The van der Waals surface area contributed by atoms with Crippen molar-refractivity contribution in [1.29, 1.82) is 5.26 Å². The molecule has 0 bridgehead atoms. The number of fused-ring (bicyclic) bond motifs is 1. The number of hydrogen-bond donors (Lipinski definition) is 1. The van der Waals surface area contributed by atoms with Crippen LogP contribution in [0.3, 0.4) is 0 Å². The minimum absolute atomic E-state index is 0.540. The van der Waals surface area contributed by atoms with Crippen molar-refractivity contribution in [2.24, 2.45) is 0 Å². The highest BCUT2D eigenvalue weighted by atomic mass is 15.3. The van der Waals surface area contributed by atoms with E-state index in [0.717, 1.165) is 30.3 Å². The molecule has 6 heteroatoms. The first kappa shape index (κ1) is 13.6. The molecular weight excluding hydrogens is 264 g/mol. The van der Waals surface area contributed by atoms with Crippen molar-refractivity contribution in [1.82, 2.24) is 19.7 Å². The van der Waals surface area contributed by atoms with Crippen molar-refractivity contribution >= 4 is 5.82 Å². The molecule has 108 valence electrons. The van der Waals surface area contributed by atoms with Gasteiger partial charge in [0.25, 0.3) is 0 Å². The molecule has 0 saturated heterocycles. The molecule has 1 aliphatic heterocycles. The minimum atomic E-state index is 0.540. The standard InChI is InChI=1S/C15H18N6/c1-11-6-7-12(9-16)15(18-11)17-10-14-20-19-13-5-3-2-4-8-21(13)14/h6-7H,2-5,8,10H2,1H3,(H,17,18). The van der Waals surface area contributed by atoms with Crippen LogP contribution in [-0.4, -0.2) is 19.7 Å². The molecule has 6 nitrogen and oxygen atoms in total. The molecule has 2 aromatic rings. The predicted octanol–water partition coefficient (Wildman–Crippen LogP) is 2.19. The van der Waals surface area contributed by atoms with Crippen LogP contribution in [0.2, 0.25) is 0 Å². The van der Waals surface area contributed by atoms with E-state index in [9.17, 15) is 0 Å². The van der Waals surface area contributed by atoms with Gasteiger partial charge in [-0.3, -0.25) is 0 Å². The molecule has 3 heterocycles. The summed E-state index contributed by atoms with van der Waals surface area (Å²) in [6, 6.07) is 5.78. The Labute approximate surface area is 123 Å². The van der Waals surface area contributed by atoms with Gasteiger partial charge >= 0.3 is 0 Å². The number of nitrogens with one attached hydrogen (secondary N) is 1. The molecule has 0 aromatic carbocycles. The summed E-state index contributed by atoms with van der Waals surface area (Å²) < 4.78 is 2.20. The van der Waals surface area contributed by atoms with Crippen LogP contribution < -0.4 is 5.32 Å². The first-order valence-corrected chi connectivity index (χ1v) is 7.30. The van der Waals surface area contributed by atoms with Crippen molar-refractivity contribution in [3.8, 4) is 6.07 Å². The second-order valence-corrected chi connectivity index (χ2v) is 5.31. The molecule has 0 atom stereocenters. The summed E-state index contributed by atoms with van der Waals surface area (Å²) in [7, 11) is 0. The summed E-state index contributed by atoms with van der Waals surface area (Å²) in [5, 5.41) is 20.9. The zero-order valence-corrected chi connectivity index (χ0v) is 12.1. The second kappa shape index (κ2) is 5.92. The van der Waals surface area contributed by atoms with Gasteiger partial charge < -0.3 is 9.88 Å². The number of aryl methyl sites for hydroxylation is 2. The van der Waals surface area contributed by atoms with Gasteiger partial charge in [0.2, 0.25) is 0 Å². The van der Waals surface area contributed by atoms with Crippen LogP contribution in [0.5, 0.6) is 0 Å². The van der Waals surface area contributed by atoms with Crippen molar-refractivity contribution < 1.29 is 0 Å². The fourth-order valence-corrected chi connectivity index (χ4v) is 2.62. The molecule has 1 N–H and O–H groups in total. The molecule has 21 heavy (non-hydrogen) atoms. The second-order valence-electron chi connectivity index (χ2n) is 5.31. The van der Waals surface area contributed by atoms with Gasteiger partial charge in [-0.15, -0.1) is 10.2 Å². The molecule has 0 amide bonds. The Morgan fingerprint density at radius 3 is 3.05 bits per heavy atom. The van der Waals surface area contributed by atoms with E-state index < -0.39 is 0 Å². The SMILES string of the molecule is Cc1ccc(C#N)c(NCc2nnc3n2CCCCC3)n1. The highest BCUT2D eigenvalue weighted by Gasteiger charge is 2.15. The third-order valence-corrected chi connectivity index (χ3v) is 3.75. The number of rotatable bonds is 3. The minimum Gasteiger partial charge on any atom is -0.362 e. The Morgan fingerprint density at radius 2 is 2.19 bits per heavy atom. The van der Waals surface area contributed by atoms with Gasteiger partial charge in [-0.25, -0.2) is 4.98 Å². The van der Waals surface area contributed by atoms with E-state index in [-0.39, 0.29) is 0 Å². The molecule has 0 spiro atoms. The molecule has 2 aromatic heterocycles. The topological polar surface area (TPSA) is 79.4 Å². The average Bonchev–Trinajstić information content (AvgIpc) is 2.72. The van der Waals surface area contributed by atoms with Gasteiger partial charge in [0.1, 0.15) is 17.7 Å². The Kier molecular flexibility index (Phi) is 3.82. The lowest BCUT2D eigenvalue weighted by Crippen LogP contribution is -2.11. The predicted molar refractivity (Wildman–Crippen MR) is 78.6 cm³/mol. The Balaban J connectivity index is 1.78. The van der Waals surface area contributed by atoms with Crippen LogP contribution in [0.25, 0.3) is 0 Å². The maximum absolute atomic E-state index is 9.13. The number of aromatic nitrogens is 4. The molecule has 0 radical (unpaired) electrons. The fourth-order valence-electron chi connectivity index (χ4n) is 2.62. The number of pyridine rings is 1. The monoisotopic (exact) mass is 282 g/mol. The Morgan fingerprint density at radius 1 is 1.29 bits per heavy atom. The number of anilines is 1. The van der Waals surface area contributed by atoms with Crippen molar-refractivity contribution in [2.75, 3.05) is 5.32 Å². The van der Waals surface area contributed by atoms with Crippen LogP contribution in [0.1, 0.15) is 42.2 Å². The van der Waals surface area contributed by atoms with Crippen molar-refractivity contribution in [2.45, 2.75) is 45.7 Å². The van der Waals surface area contributed by atoms with Crippen LogP contribution in [0.4, 0.5) is 5.82 Å². The Hall–Kier alpha value is -2.42. The number of nitriles is 1. The molecule has 1 aliphatic rings. The van der Waals surface area contributed by atoms with E-state index in [0.29, 0.717) is 17.9 Å². The third-order valence-electron chi connectivity index (χ3n) is 3.75. The quantitative estimate of drug-likeness (QED) is 0.933. The van der Waals surface area contributed by atoms with Gasteiger partial charge in [-0.2, -0.15) is 5.26 Å². The summed E-state index contributed by atoms with van der Waals surface area (Å²) in [5.74, 6) is 2.60. The summed E-state index contributed by atoms with van der Waals surface area (Å²) in [6.07, 6.45) is 4.60. The van der Waals surface area contributed by atoms with Gasteiger partial charge in [-0.05, 0) is 31.9 Å². The zero-order valence-electron chi connectivity index (χ0n) is 12.1. The molecule has 0 saturated carbocycles. The molecule has 0 aliphatic carbocycles. The highest BCUT2D eigenvalue weighted by Crippen LogP contribution is 2.17. The molecule has 0 fully saturated rings. The summed E-state index contributed by atoms with van der Waals surface area (Å²) in [5.41, 5.74) is 1.44. The summed E-state index contributed by atoms with van der Waals surface area (Å²) in [4.78, 5) is 4.38. The number of hydrogen-bond acceptors (Lipinski definition) is 5. The first-order chi connectivity index (χ1) is 10.3. The third kappa shape index (κ3) is 2.87. The first-order valence-electron chi connectivity index (χ1n) is 7.30. The van der Waals surface area contributed by atoms with E-state index in [1.54, 1.807) is 6.07 Å². The van der Waals surface area contributed by atoms with Crippen molar-refractivity contribution in [3.63, 3.8) is 0 Å². The highest BCUT2D eigenvalue weighted by molar-refractivity contribution is 5.52. The normalized spacial score (nSPS) is 14.1. The largest absolute Gasteiger partial charge is 0.362 e. The van der Waals surface area contributed by atoms with E-state index >= 15 is 0 Å². The molecular formula is C15H18N6. The smallest absolute Gasteiger partial charge is 0.152 e. The summed E-state index contributed by atoms with van der Waals surface area (Å²) >= 11 is 0. The van der Waals surface area contributed by atoms with E-state index in [4.69, 9.17) is 5.26 Å². The van der Waals surface area contributed by atoms with E-state index in [2.05, 4.69) is 31.1 Å². The number of nitrogens with zero attached hydrogens (tertiary/aromatic N) is 5. The van der Waals surface area contributed by atoms with Crippen molar-refractivity contribution in [3.05, 3.63) is 35.0 Å². The summed E-state index contributed by atoms with van der Waals surface area (Å²) in [6.45, 7) is 3.43. The van der Waals surface area contributed by atoms with E-state index in [1.165, 1.54) is 19.3 Å². The maximum Gasteiger partial charge on any atom is 0.152 e. The lowest BCUT2D eigenvalue weighted by molar-refractivity contribution is 0.609. The Bertz CT molecular complexity index is 682. The van der Waals surface area contributed by atoms with Gasteiger partial charge in [-0.1, -0.05) is 6.42 Å². The maximum atomic E-state index is 9.13. The lowest BCUT2D eigenvalue weighted by Gasteiger charge is -2.10.